The number of hydrogen-bond donors (Lipinski definition) is 1. The van der Waals surface area contributed by atoms with Crippen molar-refractivity contribution in [1.82, 2.24) is 5.32 Å². The predicted molar refractivity (Wildman–Crippen MR) is 83.8 cm³/mol. The lowest BCUT2D eigenvalue weighted by Gasteiger charge is -2.15. The van der Waals surface area contributed by atoms with Gasteiger partial charge in [-0.05, 0) is 42.7 Å². The van der Waals surface area contributed by atoms with Gasteiger partial charge in [0.2, 0.25) is 12.7 Å². The van der Waals surface area contributed by atoms with Gasteiger partial charge in [-0.2, -0.15) is 0 Å². The zero-order chi connectivity index (χ0) is 16.2. The molecule has 2 aromatic carbocycles. The summed E-state index contributed by atoms with van der Waals surface area (Å²) in [5.74, 6) is 1.02. The van der Waals surface area contributed by atoms with Crippen LogP contribution in [0.4, 0.5) is 4.39 Å². The van der Waals surface area contributed by atoms with Gasteiger partial charge in [-0.25, -0.2) is 4.39 Å². The Labute approximate surface area is 134 Å². The van der Waals surface area contributed by atoms with Crippen LogP contribution in [0.1, 0.15) is 30.5 Å². The Balaban J connectivity index is 1.56. The van der Waals surface area contributed by atoms with Crippen LogP contribution >= 0.6 is 0 Å². The summed E-state index contributed by atoms with van der Waals surface area (Å²) >= 11 is 0. The van der Waals surface area contributed by atoms with Crippen molar-refractivity contribution >= 4 is 5.91 Å². The second-order valence-electron chi connectivity index (χ2n) is 5.49. The standard InChI is InChI=1S/C18H18FNO3/c1-12(14-6-8-16-17(10-14)23-11-22-16)20-18(21)9-7-13-4-2-3-5-15(13)19/h2-6,8,10,12H,7,9,11H2,1H3,(H,20,21). The highest BCUT2D eigenvalue weighted by Gasteiger charge is 2.17. The van der Waals surface area contributed by atoms with Gasteiger partial charge in [-0.15, -0.1) is 0 Å². The van der Waals surface area contributed by atoms with Gasteiger partial charge in [0, 0.05) is 6.42 Å². The molecule has 0 fully saturated rings. The van der Waals surface area contributed by atoms with Gasteiger partial charge in [0.15, 0.2) is 11.5 Å². The molecule has 1 heterocycles. The van der Waals surface area contributed by atoms with Gasteiger partial charge in [0.25, 0.3) is 0 Å². The van der Waals surface area contributed by atoms with Crippen LogP contribution in [0.5, 0.6) is 11.5 Å². The van der Waals surface area contributed by atoms with Gasteiger partial charge in [-0.1, -0.05) is 24.3 Å². The van der Waals surface area contributed by atoms with Gasteiger partial charge in [0.05, 0.1) is 6.04 Å². The molecule has 0 spiro atoms. The van der Waals surface area contributed by atoms with E-state index in [2.05, 4.69) is 5.32 Å². The van der Waals surface area contributed by atoms with E-state index in [-0.39, 0.29) is 31.0 Å². The van der Waals surface area contributed by atoms with E-state index in [1.54, 1.807) is 18.2 Å². The minimum Gasteiger partial charge on any atom is -0.454 e. The molecule has 1 unspecified atom stereocenters. The molecule has 0 radical (unpaired) electrons. The van der Waals surface area contributed by atoms with Crippen LogP contribution in [-0.2, 0) is 11.2 Å². The topological polar surface area (TPSA) is 47.6 Å². The molecule has 0 saturated heterocycles. The van der Waals surface area contributed by atoms with Crippen molar-refractivity contribution in [3.8, 4) is 11.5 Å². The van der Waals surface area contributed by atoms with Crippen molar-refractivity contribution in [3.63, 3.8) is 0 Å². The van der Waals surface area contributed by atoms with Gasteiger partial charge in [0.1, 0.15) is 5.82 Å². The monoisotopic (exact) mass is 315 g/mol. The first-order valence-corrected chi connectivity index (χ1v) is 7.56. The molecule has 4 nitrogen and oxygen atoms in total. The Bertz CT molecular complexity index is 717. The van der Waals surface area contributed by atoms with E-state index in [1.807, 2.05) is 25.1 Å². The molecule has 0 saturated carbocycles. The first-order chi connectivity index (χ1) is 11.1. The highest BCUT2D eigenvalue weighted by Crippen LogP contribution is 2.34. The molecule has 0 aromatic heterocycles. The first-order valence-electron chi connectivity index (χ1n) is 7.56. The summed E-state index contributed by atoms with van der Waals surface area (Å²) in [6.07, 6.45) is 0.627. The summed E-state index contributed by atoms with van der Waals surface area (Å²) in [6, 6.07) is 12.0. The molecule has 1 aliphatic heterocycles. The van der Waals surface area contributed by atoms with E-state index in [9.17, 15) is 9.18 Å². The Hall–Kier alpha value is -2.56. The number of fused-ring (bicyclic) bond motifs is 1. The van der Waals surface area contributed by atoms with Crippen LogP contribution in [0.15, 0.2) is 42.5 Å². The van der Waals surface area contributed by atoms with Crippen molar-refractivity contribution in [3.05, 3.63) is 59.4 Å². The summed E-state index contributed by atoms with van der Waals surface area (Å²) in [6.45, 7) is 2.13. The number of carbonyl (C=O) groups is 1. The van der Waals surface area contributed by atoms with Crippen LogP contribution in [0, 0.1) is 5.82 Å². The van der Waals surface area contributed by atoms with Crippen molar-refractivity contribution in [2.45, 2.75) is 25.8 Å². The summed E-state index contributed by atoms with van der Waals surface area (Å²) in [5, 5.41) is 2.92. The molecule has 1 atom stereocenters. The smallest absolute Gasteiger partial charge is 0.231 e. The molecule has 3 rings (SSSR count). The summed E-state index contributed by atoms with van der Waals surface area (Å²) in [7, 11) is 0. The zero-order valence-electron chi connectivity index (χ0n) is 12.8. The Morgan fingerprint density at radius 2 is 2.00 bits per heavy atom. The van der Waals surface area contributed by atoms with Crippen molar-refractivity contribution < 1.29 is 18.7 Å². The lowest BCUT2D eigenvalue weighted by Crippen LogP contribution is -2.26. The van der Waals surface area contributed by atoms with Crippen molar-refractivity contribution in [1.29, 1.82) is 0 Å². The SMILES string of the molecule is CC(NC(=O)CCc1ccccc1F)c1ccc2c(c1)OCO2. The molecule has 1 N–H and O–H groups in total. The fraction of sp³-hybridized carbons (Fsp3) is 0.278. The summed E-state index contributed by atoms with van der Waals surface area (Å²) < 4.78 is 24.1. The molecule has 0 aliphatic carbocycles. The number of nitrogens with one attached hydrogen (secondary N) is 1. The third kappa shape index (κ3) is 3.62. The van der Waals surface area contributed by atoms with Gasteiger partial charge >= 0.3 is 0 Å². The van der Waals surface area contributed by atoms with E-state index in [4.69, 9.17) is 9.47 Å². The number of benzene rings is 2. The van der Waals surface area contributed by atoms with Crippen LogP contribution < -0.4 is 14.8 Å². The lowest BCUT2D eigenvalue weighted by molar-refractivity contribution is -0.121. The first kappa shape index (κ1) is 15.3. The molecule has 2 aromatic rings. The molecule has 1 aliphatic rings. The number of halogens is 1. The normalized spacial score (nSPS) is 13.7. The quantitative estimate of drug-likeness (QED) is 0.920. The Morgan fingerprint density at radius 1 is 1.22 bits per heavy atom. The molecule has 23 heavy (non-hydrogen) atoms. The molecule has 5 heteroatoms. The zero-order valence-corrected chi connectivity index (χ0v) is 12.8. The maximum Gasteiger partial charge on any atom is 0.231 e. The lowest BCUT2D eigenvalue weighted by atomic mass is 10.1. The number of amides is 1. The average molecular weight is 315 g/mol. The van der Waals surface area contributed by atoms with E-state index < -0.39 is 0 Å². The fourth-order valence-corrected chi connectivity index (χ4v) is 2.53. The number of ether oxygens (including phenoxy) is 2. The average Bonchev–Trinajstić information content (AvgIpc) is 3.01. The Morgan fingerprint density at radius 3 is 2.83 bits per heavy atom. The van der Waals surface area contributed by atoms with Crippen molar-refractivity contribution in [2.75, 3.05) is 6.79 Å². The second kappa shape index (κ2) is 6.69. The predicted octanol–water partition coefficient (Wildman–Crippen LogP) is 3.36. The van der Waals surface area contributed by atoms with Crippen LogP contribution in [-0.4, -0.2) is 12.7 Å². The van der Waals surface area contributed by atoms with Gasteiger partial charge < -0.3 is 14.8 Å². The largest absolute Gasteiger partial charge is 0.454 e. The van der Waals surface area contributed by atoms with Crippen molar-refractivity contribution in [2.24, 2.45) is 0 Å². The number of aryl methyl sites for hydroxylation is 1. The molecule has 120 valence electrons. The number of carbonyl (C=O) groups excluding carboxylic acids is 1. The van der Waals surface area contributed by atoms with Crippen LogP contribution in [0.25, 0.3) is 0 Å². The maximum atomic E-state index is 13.5. The molecule has 1 amide bonds. The van der Waals surface area contributed by atoms with E-state index in [1.165, 1.54) is 6.07 Å². The molecule has 0 bridgehead atoms. The highest BCUT2D eigenvalue weighted by atomic mass is 19.1. The van der Waals surface area contributed by atoms with E-state index in [0.717, 1.165) is 5.56 Å². The summed E-state index contributed by atoms with van der Waals surface area (Å²) in [4.78, 5) is 12.1. The second-order valence-corrected chi connectivity index (χ2v) is 5.49. The molecular formula is C18H18FNO3. The minimum atomic E-state index is -0.274. The Kier molecular flexibility index (Phi) is 4.46. The molecular weight excluding hydrogens is 297 g/mol. The third-order valence-corrected chi connectivity index (χ3v) is 3.85. The van der Waals surface area contributed by atoms with Crippen LogP contribution in [0.3, 0.4) is 0 Å². The fourth-order valence-electron chi connectivity index (χ4n) is 2.53. The van der Waals surface area contributed by atoms with Gasteiger partial charge in [-0.3, -0.25) is 4.79 Å². The van der Waals surface area contributed by atoms with E-state index in [0.29, 0.717) is 23.5 Å². The maximum absolute atomic E-state index is 13.5. The van der Waals surface area contributed by atoms with E-state index >= 15 is 0 Å². The van der Waals surface area contributed by atoms with Crippen LogP contribution in [0.2, 0.25) is 0 Å². The number of rotatable bonds is 5. The highest BCUT2D eigenvalue weighted by molar-refractivity contribution is 5.76. The third-order valence-electron chi connectivity index (χ3n) is 3.85. The minimum absolute atomic E-state index is 0.113. The summed E-state index contributed by atoms with van der Waals surface area (Å²) in [5.41, 5.74) is 1.49. The number of hydrogen-bond acceptors (Lipinski definition) is 3.